The van der Waals surface area contributed by atoms with Crippen molar-refractivity contribution in [3.8, 4) is 0 Å². The van der Waals surface area contributed by atoms with Crippen molar-refractivity contribution in [2.75, 3.05) is 6.54 Å². The monoisotopic (exact) mass is 277 g/mol. The lowest BCUT2D eigenvalue weighted by molar-refractivity contribution is -0.0408. The van der Waals surface area contributed by atoms with Crippen LogP contribution in [0.15, 0.2) is 24.3 Å². The molecular formula is C17H24FNO. The second-order valence-electron chi connectivity index (χ2n) is 6.39. The molecule has 0 aromatic heterocycles. The van der Waals surface area contributed by atoms with Crippen molar-refractivity contribution in [3.63, 3.8) is 0 Å². The minimum absolute atomic E-state index is 0.187. The highest BCUT2D eigenvalue weighted by atomic mass is 19.1. The van der Waals surface area contributed by atoms with Crippen molar-refractivity contribution >= 4 is 0 Å². The summed E-state index contributed by atoms with van der Waals surface area (Å²) in [6.07, 6.45) is 8.73. The minimum atomic E-state index is -0.188. The van der Waals surface area contributed by atoms with Crippen molar-refractivity contribution in [1.82, 2.24) is 0 Å². The van der Waals surface area contributed by atoms with Gasteiger partial charge in [0, 0.05) is 0 Å². The zero-order valence-corrected chi connectivity index (χ0v) is 12.0. The van der Waals surface area contributed by atoms with Crippen molar-refractivity contribution < 1.29 is 9.13 Å². The lowest BCUT2D eigenvalue weighted by Gasteiger charge is -2.25. The van der Waals surface area contributed by atoms with Crippen LogP contribution >= 0.6 is 0 Å². The van der Waals surface area contributed by atoms with Gasteiger partial charge in [0.1, 0.15) is 5.82 Å². The van der Waals surface area contributed by atoms with Gasteiger partial charge in [-0.15, -0.1) is 0 Å². The molecule has 1 heterocycles. The van der Waals surface area contributed by atoms with E-state index in [0.717, 1.165) is 18.4 Å². The molecule has 1 aromatic carbocycles. The summed E-state index contributed by atoms with van der Waals surface area (Å²) in [5, 5.41) is 0. The van der Waals surface area contributed by atoms with E-state index in [2.05, 4.69) is 0 Å². The highest BCUT2D eigenvalue weighted by Gasteiger charge is 2.42. The molecule has 3 rings (SSSR count). The predicted octanol–water partition coefficient (Wildman–Crippen LogP) is 3.75. The number of rotatable bonds is 4. The summed E-state index contributed by atoms with van der Waals surface area (Å²) in [5.74, 6) is 0.0868. The van der Waals surface area contributed by atoms with Gasteiger partial charge >= 0.3 is 0 Å². The number of nitrogens with two attached hydrogens (primary N) is 1. The molecule has 1 saturated carbocycles. The number of ether oxygens (including phenoxy) is 1. The van der Waals surface area contributed by atoms with Crippen molar-refractivity contribution in [2.45, 2.75) is 62.6 Å². The normalized spacial score (nSPS) is 26.2. The molecule has 110 valence electrons. The summed E-state index contributed by atoms with van der Waals surface area (Å²) in [7, 11) is 0. The highest BCUT2D eigenvalue weighted by molar-refractivity contribution is 5.21. The second-order valence-corrected chi connectivity index (χ2v) is 6.39. The average Bonchev–Trinajstić information content (AvgIpc) is 3.08. The molecule has 1 spiro atoms. The van der Waals surface area contributed by atoms with Gasteiger partial charge in [-0.3, -0.25) is 0 Å². The van der Waals surface area contributed by atoms with Crippen LogP contribution in [0, 0.1) is 5.82 Å². The van der Waals surface area contributed by atoms with E-state index < -0.39 is 0 Å². The van der Waals surface area contributed by atoms with Crippen molar-refractivity contribution in [2.24, 2.45) is 5.73 Å². The fourth-order valence-electron chi connectivity index (χ4n) is 3.87. The van der Waals surface area contributed by atoms with Crippen LogP contribution in [-0.2, 0) is 4.74 Å². The third-order valence-electron chi connectivity index (χ3n) is 5.03. The smallest absolute Gasteiger partial charge is 0.123 e. The molecular weight excluding hydrogens is 253 g/mol. The standard InChI is InChI=1S/C17H24FNO/c18-15-5-3-13(4-6-15)14(12-19)11-16-7-10-17(20-16)8-1-2-9-17/h3-6,14,16H,1-2,7-12,19H2. The maximum Gasteiger partial charge on any atom is 0.123 e. The molecule has 0 amide bonds. The molecule has 2 N–H and O–H groups in total. The first kappa shape index (κ1) is 14.0. The van der Waals surface area contributed by atoms with Gasteiger partial charge in [-0.05, 0) is 62.3 Å². The van der Waals surface area contributed by atoms with E-state index in [-0.39, 0.29) is 17.3 Å². The SMILES string of the molecule is NCC(CC1CCC2(CCCC2)O1)c1ccc(F)cc1. The summed E-state index contributed by atoms with van der Waals surface area (Å²) < 4.78 is 19.4. The van der Waals surface area contributed by atoms with Crippen molar-refractivity contribution in [1.29, 1.82) is 0 Å². The fourth-order valence-corrected chi connectivity index (χ4v) is 3.87. The van der Waals surface area contributed by atoms with Crippen LogP contribution in [0.4, 0.5) is 4.39 Å². The number of hydrogen-bond acceptors (Lipinski definition) is 2. The van der Waals surface area contributed by atoms with Gasteiger partial charge in [0.05, 0.1) is 11.7 Å². The second kappa shape index (κ2) is 5.82. The van der Waals surface area contributed by atoms with Gasteiger partial charge < -0.3 is 10.5 Å². The summed E-state index contributed by atoms with van der Waals surface area (Å²) in [4.78, 5) is 0. The van der Waals surface area contributed by atoms with Crippen LogP contribution < -0.4 is 5.73 Å². The summed E-state index contributed by atoms with van der Waals surface area (Å²) in [5.41, 5.74) is 7.23. The topological polar surface area (TPSA) is 35.2 Å². The van der Waals surface area contributed by atoms with Crippen molar-refractivity contribution in [3.05, 3.63) is 35.6 Å². The predicted molar refractivity (Wildman–Crippen MR) is 78.1 cm³/mol. The summed E-state index contributed by atoms with van der Waals surface area (Å²) in [6, 6.07) is 6.75. The lowest BCUT2D eigenvalue weighted by Crippen LogP contribution is -2.26. The van der Waals surface area contributed by atoms with Crippen LogP contribution in [0.2, 0.25) is 0 Å². The van der Waals surface area contributed by atoms with E-state index in [1.54, 1.807) is 0 Å². The number of halogens is 1. The van der Waals surface area contributed by atoms with Gasteiger partial charge in [-0.1, -0.05) is 25.0 Å². The molecule has 3 heteroatoms. The Morgan fingerprint density at radius 2 is 1.90 bits per heavy atom. The van der Waals surface area contributed by atoms with E-state index in [0.29, 0.717) is 12.6 Å². The van der Waals surface area contributed by atoms with Gasteiger partial charge in [0.2, 0.25) is 0 Å². The Hall–Kier alpha value is -0.930. The molecule has 2 atom stereocenters. The largest absolute Gasteiger partial charge is 0.372 e. The van der Waals surface area contributed by atoms with E-state index >= 15 is 0 Å². The van der Waals surface area contributed by atoms with Crippen LogP contribution in [0.5, 0.6) is 0 Å². The maximum atomic E-state index is 13.0. The number of hydrogen-bond donors (Lipinski definition) is 1. The van der Waals surface area contributed by atoms with Crippen LogP contribution in [0.25, 0.3) is 0 Å². The molecule has 1 aliphatic heterocycles. The third kappa shape index (κ3) is 2.89. The Morgan fingerprint density at radius 1 is 1.20 bits per heavy atom. The molecule has 0 radical (unpaired) electrons. The Balaban J connectivity index is 1.62. The maximum absolute atomic E-state index is 13.0. The summed E-state index contributed by atoms with van der Waals surface area (Å²) >= 11 is 0. The van der Waals surface area contributed by atoms with Gasteiger partial charge in [0.15, 0.2) is 0 Å². The molecule has 0 bridgehead atoms. The first-order valence-corrected chi connectivity index (χ1v) is 7.84. The minimum Gasteiger partial charge on any atom is -0.372 e. The molecule has 2 aliphatic rings. The zero-order valence-electron chi connectivity index (χ0n) is 12.0. The highest BCUT2D eigenvalue weighted by Crippen LogP contribution is 2.45. The Morgan fingerprint density at radius 3 is 2.55 bits per heavy atom. The molecule has 1 aromatic rings. The molecule has 2 unspecified atom stereocenters. The van der Waals surface area contributed by atoms with Crippen LogP contribution in [0.3, 0.4) is 0 Å². The average molecular weight is 277 g/mol. The van der Waals surface area contributed by atoms with Gasteiger partial charge in [0.25, 0.3) is 0 Å². The Labute approximate surface area is 120 Å². The Bertz CT molecular complexity index is 439. The van der Waals surface area contributed by atoms with E-state index in [9.17, 15) is 4.39 Å². The first-order valence-electron chi connectivity index (χ1n) is 7.84. The zero-order chi connectivity index (χ0) is 14.0. The molecule has 1 saturated heterocycles. The first-order chi connectivity index (χ1) is 9.71. The number of benzene rings is 1. The van der Waals surface area contributed by atoms with E-state index in [1.807, 2.05) is 12.1 Å². The van der Waals surface area contributed by atoms with E-state index in [1.165, 1.54) is 44.2 Å². The molecule has 20 heavy (non-hydrogen) atoms. The quantitative estimate of drug-likeness (QED) is 0.909. The Kier molecular flexibility index (Phi) is 4.08. The van der Waals surface area contributed by atoms with Crippen LogP contribution in [-0.4, -0.2) is 18.2 Å². The van der Waals surface area contributed by atoms with Crippen LogP contribution in [0.1, 0.15) is 56.4 Å². The fraction of sp³-hybridized carbons (Fsp3) is 0.647. The van der Waals surface area contributed by atoms with Gasteiger partial charge in [-0.2, -0.15) is 0 Å². The van der Waals surface area contributed by atoms with Gasteiger partial charge in [-0.25, -0.2) is 4.39 Å². The molecule has 1 aliphatic carbocycles. The molecule has 2 fully saturated rings. The summed E-state index contributed by atoms with van der Waals surface area (Å²) in [6.45, 7) is 0.596. The molecule has 2 nitrogen and oxygen atoms in total. The van der Waals surface area contributed by atoms with E-state index in [4.69, 9.17) is 10.5 Å². The third-order valence-corrected chi connectivity index (χ3v) is 5.03. The lowest BCUT2D eigenvalue weighted by atomic mass is 9.91.